The zero-order valence-corrected chi connectivity index (χ0v) is 11.3. The van der Waals surface area contributed by atoms with Gasteiger partial charge in [-0.25, -0.2) is 0 Å². The zero-order valence-electron chi connectivity index (χ0n) is 8.88. The molecule has 0 bridgehead atoms. The van der Waals surface area contributed by atoms with Gasteiger partial charge in [0.25, 0.3) is 0 Å². The number of nitrogens with one attached hydrogen (secondary N) is 1. The van der Waals surface area contributed by atoms with E-state index in [0.717, 1.165) is 19.7 Å². The average molecular weight is 290 g/mol. The first-order chi connectivity index (χ1) is 7.18. The lowest BCUT2D eigenvalue weighted by molar-refractivity contribution is 0.0207. The second-order valence-corrected chi connectivity index (χ2v) is 6.76. The summed E-state index contributed by atoms with van der Waals surface area (Å²) in [5.74, 6) is 0. The van der Waals surface area contributed by atoms with Crippen LogP contribution in [0.1, 0.15) is 24.6 Å². The fraction of sp³-hybridized carbons (Fsp3) is 0.636. The molecule has 0 amide bonds. The van der Waals surface area contributed by atoms with Crippen molar-refractivity contribution >= 4 is 27.3 Å². The van der Waals surface area contributed by atoms with Crippen molar-refractivity contribution in [3.63, 3.8) is 0 Å². The highest BCUT2D eigenvalue weighted by Crippen LogP contribution is 2.25. The predicted octanol–water partition coefficient (Wildman–Crippen LogP) is 3.17. The molecular formula is C11H16BrNOS. The Balaban J connectivity index is 1.75. The molecule has 1 aromatic heterocycles. The van der Waals surface area contributed by atoms with Crippen LogP contribution in [-0.4, -0.2) is 18.8 Å². The maximum absolute atomic E-state index is 5.72. The first kappa shape index (κ1) is 11.6. The van der Waals surface area contributed by atoms with E-state index in [1.165, 1.54) is 21.5 Å². The van der Waals surface area contributed by atoms with Gasteiger partial charge in [0.15, 0.2) is 0 Å². The minimum Gasteiger partial charge on any atom is -0.374 e. The SMILES string of the molecule is CC1(CNCc2ccc(Br)s2)CCCO1. The van der Waals surface area contributed by atoms with Gasteiger partial charge in [-0.05, 0) is 47.8 Å². The van der Waals surface area contributed by atoms with Gasteiger partial charge in [0.05, 0.1) is 9.39 Å². The first-order valence-corrected chi connectivity index (χ1v) is 6.88. The predicted molar refractivity (Wildman–Crippen MR) is 67.3 cm³/mol. The van der Waals surface area contributed by atoms with Gasteiger partial charge < -0.3 is 10.1 Å². The topological polar surface area (TPSA) is 21.3 Å². The number of hydrogen-bond acceptors (Lipinski definition) is 3. The minimum atomic E-state index is 0.0640. The molecule has 2 rings (SSSR count). The smallest absolute Gasteiger partial charge is 0.0779 e. The summed E-state index contributed by atoms with van der Waals surface area (Å²) < 4.78 is 6.91. The van der Waals surface area contributed by atoms with Crippen molar-refractivity contribution < 1.29 is 4.74 Å². The van der Waals surface area contributed by atoms with Crippen molar-refractivity contribution in [3.05, 3.63) is 20.8 Å². The minimum absolute atomic E-state index is 0.0640. The maximum atomic E-state index is 5.72. The highest BCUT2D eigenvalue weighted by molar-refractivity contribution is 9.11. The number of halogens is 1. The Hall–Kier alpha value is 0.1000. The largest absolute Gasteiger partial charge is 0.374 e. The van der Waals surface area contributed by atoms with Crippen LogP contribution in [0.5, 0.6) is 0 Å². The molecule has 2 nitrogen and oxygen atoms in total. The molecule has 0 radical (unpaired) electrons. The van der Waals surface area contributed by atoms with E-state index in [2.05, 4.69) is 40.3 Å². The molecule has 1 aliphatic heterocycles. The van der Waals surface area contributed by atoms with Gasteiger partial charge in [-0.3, -0.25) is 0 Å². The van der Waals surface area contributed by atoms with E-state index in [9.17, 15) is 0 Å². The van der Waals surface area contributed by atoms with Crippen LogP contribution >= 0.6 is 27.3 Å². The molecule has 1 aliphatic rings. The standard InChI is InChI=1S/C11H16BrNOS/c1-11(5-2-6-14-11)8-13-7-9-3-4-10(12)15-9/h3-4,13H,2,5-8H2,1H3. The molecule has 4 heteroatoms. The van der Waals surface area contributed by atoms with Gasteiger partial charge in [-0.2, -0.15) is 0 Å². The first-order valence-electron chi connectivity index (χ1n) is 5.27. The third-order valence-corrected chi connectivity index (χ3v) is 4.35. The van der Waals surface area contributed by atoms with Crippen LogP contribution < -0.4 is 5.32 Å². The van der Waals surface area contributed by atoms with Crippen LogP contribution in [0.3, 0.4) is 0 Å². The zero-order chi connectivity index (χ0) is 10.7. The molecule has 0 aliphatic carbocycles. The van der Waals surface area contributed by atoms with E-state index < -0.39 is 0 Å². The molecule has 2 heterocycles. The van der Waals surface area contributed by atoms with Gasteiger partial charge >= 0.3 is 0 Å². The number of rotatable bonds is 4. The van der Waals surface area contributed by atoms with Gasteiger partial charge in [0.1, 0.15) is 0 Å². The summed E-state index contributed by atoms with van der Waals surface area (Å²) in [6, 6.07) is 4.25. The van der Waals surface area contributed by atoms with Crippen molar-refractivity contribution in [2.24, 2.45) is 0 Å². The Morgan fingerprint density at radius 2 is 2.47 bits per heavy atom. The Morgan fingerprint density at radius 1 is 1.60 bits per heavy atom. The van der Waals surface area contributed by atoms with Gasteiger partial charge in [0.2, 0.25) is 0 Å². The summed E-state index contributed by atoms with van der Waals surface area (Å²) in [4.78, 5) is 1.36. The molecule has 84 valence electrons. The molecule has 15 heavy (non-hydrogen) atoms. The summed E-state index contributed by atoms with van der Waals surface area (Å²) in [6.07, 6.45) is 2.37. The lowest BCUT2D eigenvalue weighted by Gasteiger charge is -2.23. The number of hydrogen-bond donors (Lipinski definition) is 1. The molecule has 1 N–H and O–H groups in total. The van der Waals surface area contributed by atoms with Gasteiger partial charge in [-0.1, -0.05) is 0 Å². The third-order valence-electron chi connectivity index (χ3n) is 2.73. The van der Waals surface area contributed by atoms with Crippen LogP contribution in [0.15, 0.2) is 15.9 Å². The van der Waals surface area contributed by atoms with Crippen molar-refractivity contribution in [2.45, 2.75) is 31.9 Å². The molecule has 1 saturated heterocycles. The summed E-state index contributed by atoms with van der Waals surface area (Å²) in [5, 5.41) is 3.46. The summed E-state index contributed by atoms with van der Waals surface area (Å²) in [5.41, 5.74) is 0.0640. The lowest BCUT2D eigenvalue weighted by atomic mass is 10.0. The Bertz CT molecular complexity index is 320. The fourth-order valence-electron chi connectivity index (χ4n) is 1.87. The summed E-state index contributed by atoms with van der Waals surface area (Å²) in [7, 11) is 0. The maximum Gasteiger partial charge on any atom is 0.0779 e. The van der Waals surface area contributed by atoms with Crippen LogP contribution in [0.25, 0.3) is 0 Å². The Morgan fingerprint density at radius 3 is 3.07 bits per heavy atom. The fourth-order valence-corrected chi connectivity index (χ4v) is 3.33. The summed E-state index contributed by atoms with van der Waals surface area (Å²) >= 11 is 5.25. The van der Waals surface area contributed by atoms with E-state index in [1.807, 2.05) is 0 Å². The molecular weight excluding hydrogens is 274 g/mol. The van der Waals surface area contributed by atoms with Gasteiger partial charge in [0, 0.05) is 24.6 Å². The van der Waals surface area contributed by atoms with Gasteiger partial charge in [-0.15, -0.1) is 11.3 Å². The van der Waals surface area contributed by atoms with E-state index in [-0.39, 0.29) is 5.60 Å². The summed E-state index contributed by atoms with van der Waals surface area (Å²) in [6.45, 7) is 5.00. The Kier molecular flexibility index (Phi) is 3.83. The lowest BCUT2D eigenvalue weighted by Crippen LogP contribution is -2.36. The van der Waals surface area contributed by atoms with Crippen molar-refractivity contribution in [1.82, 2.24) is 5.32 Å². The Labute approximate surface area is 103 Å². The van der Waals surface area contributed by atoms with Crippen LogP contribution in [0.2, 0.25) is 0 Å². The second-order valence-electron chi connectivity index (χ2n) is 4.21. The van der Waals surface area contributed by atoms with E-state index in [4.69, 9.17) is 4.74 Å². The highest BCUT2D eigenvalue weighted by Gasteiger charge is 2.28. The monoisotopic (exact) mass is 289 g/mol. The normalized spacial score (nSPS) is 26.0. The van der Waals surface area contributed by atoms with E-state index in [0.29, 0.717) is 0 Å². The van der Waals surface area contributed by atoms with Crippen LogP contribution in [0.4, 0.5) is 0 Å². The number of ether oxygens (including phenoxy) is 1. The molecule has 1 unspecified atom stereocenters. The molecule has 1 fully saturated rings. The van der Waals surface area contributed by atoms with E-state index >= 15 is 0 Å². The highest BCUT2D eigenvalue weighted by atomic mass is 79.9. The van der Waals surface area contributed by atoms with E-state index in [1.54, 1.807) is 11.3 Å². The molecule has 1 aromatic rings. The quantitative estimate of drug-likeness (QED) is 0.919. The molecule has 0 saturated carbocycles. The van der Waals surface area contributed by atoms with Crippen LogP contribution in [0, 0.1) is 0 Å². The van der Waals surface area contributed by atoms with Crippen molar-refractivity contribution in [1.29, 1.82) is 0 Å². The van der Waals surface area contributed by atoms with Crippen molar-refractivity contribution in [3.8, 4) is 0 Å². The molecule has 0 spiro atoms. The third kappa shape index (κ3) is 3.28. The van der Waals surface area contributed by atoms with Crippen molar-refractivity contribution in [2.75, 3.05) is 13.2 Å². The van der Waals surface area contributed by atoms with Crippen LogP contribution in [-0.2, 0) is 11.3 Å². The molecule has 1 atom stereocenters. The average Bonchev–Trinajstić information content (AvgIpc) is 2.76. The number of thiophene rings is 1. The molecule has 0 aromatic carbocycles. The second kappa shape index (κ2) is 4.95.